The Hall–Kier alpha value is -1.64. The molecular weight excluding hydrogens is 318 g/mol. The molecule has 0 spiro atoms. The first-order valence-corrected chi connectivity index (χ1v) is 8.86. The number of carbonyl (C=O) groups excluding carboxylic acids is 1. The third-order valence-electron chi connectivity index (χ3n) is 3.27. The van der Waals surface area contributed by atoms with Crippen LogP contribution in [-0.4, -0.2) is 20.4 Å². The number of nitrogens with two attached hydrogens (primary N) is 2. The molecule has 0 aromatic heterocycles. The quantitative estimate of drug-likeness (QED) is 0.726. The minimum atomic E-state index is -4.15. The van der Waals surface area contributed by atoms with Gasteiger partial charge >= 0.3 is 10.3 Å². The van der Waals surface area contributed by atoms with Gasteiger partial charge in [0.15, 0.2) is 5.75 Å². The van der Waals surface area contributed by atoms with Gasteiger partial charge in [0, 0.05) is 16.8 Å². The molecule has 23 heavy (non-hydrogen) atoms. The molecule has 1 amide bonds. The minimum Gasteiger partial charge on any atom is -0.370 e. The van der Waals surface area contributed by atoms with Crippen LogP contribution in [0.2, 0.25) is 0 Å². The van der Waals surface area contributed by atoms with Gasteiger partial charge in [0.25, 0.3) is 0 Å². The third kappa shape index (κ3) is 5.49. The van der Waals surface area contributed by atoms with Crippen LogP contribution in [0.1, 0.15) is 57.6 Å². The maximum absolute atomic E-state index is 11.8. The molecular formula is C15H25N3O4S. The number of anilines is 1. The topological polar surface area (TPSA) is 125 Å². The summed E-state index contributed by atoms with van der Waals surface area (Å²) in [7, 11) is -4.15. The molecule has 0 fully saturated rings. The average Bonchev–Trinajstić information content (AvgIpc) is 2.37. The van der Waals surface area contributed by atoms with E-state index in [2.05, 4.69) is 5.32 Å². The van der Waals surface area contributed by atoms with E-state index in [9.17, 15) is 13.2 Å². The molecule has 0 bridgehead atoms. The number of amides is 1. The molecule has 1 rings (SSSR count). The van der Waals surface area contributed by atoms with Crippen LogP contribution < -0.4 is 20.4 Å². The van der Waals surface area contributed by atoms with Crippen LogP contribution in [0.15, 0.2) is 12.1 Å². The van der Waals surface area contributed by atoms with E-state index in [-0.39, 0.29) is 23.5 Å². The van der Waals surface area contributed by atoms with Gasteiger partial charge in [0.1, 0.15) is 0 Å². The van der Waals surface area contributed by atoms with Gasteiger partial charge in [-0.15, -0.1) is 0 Å². The Morgan fingerprint density at radius 1 is 1.09 bits per heavy atom. The standard InChI is InChI=1S/C15H25N3O4S/c1-8(2)12-6-11(18-15(19)10(5)16)7-13(9(3)4)14(12)22-23(17,20)21/h6-10H,16H2,1-5H3,(H,18,19)(H2,17,20,21)/t10-/m1/s1. The SMILES string of the molecule is CC(C)c1cc(NC(=O)[C@@H](C)N)cc(C(C)C)c1OS(N)(=O)=O. The van der Waals surface area contributed by atoms with Gasteiger partial charge in [0.2, 0.25) is 5.91 Å². The molecule has 1 aromatic carbocycles. The first-order valence-electron chi connectivity index (χ1n) is 7.38. The highest BCUT2D eigenvalue weighted by Gasteiger charge is 2.21. The van der Waals surface area contributed by atoms with E-state index in [1.165, 1.54) is 0 Å². The molecule has 0 aliphatic carbocycles. The highest BCUT2D eigenvalue weighted by atomic mass is 32.2. The van der Waals surface area contributed by atoms with E-state index in [0.717, 1.165) is 0 Å². The summed E-state index contributed by atoms with van der Waals surface area (Å²) in [6.07, 6.45) is 0. The number of carbonyl (C=O) groups is 1. The average molecular weight is 343 g/mol. The first kappa shape index (κ1) is 19.4. The van der Waals surface area contributed by atoms with Gasteiger partial charge in [-0.25, -0.2) is 0 Å². The van der Waals surface area contributed by atoms with Crippen molar-refractivity contribution in [2.45, 2.75) is 52.5 Å². The lowest BCUT2D eigenvalue weighted by Crippen LogP contribution is -2.32. The van der Waals surface area contributed by atoms with Crippen molar-refractivity contribution in [2.75, 3.05) is 5.32 Å². The number of nitrogens with one attached hydrogen (secondary N) is 1. The van der Waals surface area contributed by atoms with Crippen molar-refractivity contribution in [3.8, 4) is 5.75 Å². The van der Waals surface area contributed by atoms with Crippen molar-refractivity contribution >= 4 is 21.9 Å². The van der Waals surface area contributed by atoms with Crippen molar-refractivity contribution in [3.05, 3.63) is 23.3 Å². The Morgan fingerprint density at radius 2 is 1.52 bits per heavy atom. The van der Waals surface area contributed by atoms with E-state index in [1.54, 1.807) is 19.1 Å². The molecule has 1 aromatic rings. The molecule has 5 N–H and O–H groups in total. The normalized spacial score (nSPS) is 13.3. The zero-order valence-corrected chi connectivity index (χ0v) is 14.9. The fraction of sp³-hybridized carbons (Fsp3) is 0.533. The molecule has 0 radical (unpaired) electrons. The smallest absolute Gasteiger partial charge is 0.370 e. The molecule has 0 saturated carbocycles. The first-order chi connectivity index (χ1) is 10.4. The summed E-state index contributed by atoms with van der Waals surface area (Å²) < 4.78 is 27.7. The predicted octanol–water partition coefficient (Wildman–Crippen LogP) is 1.80. The van der Waals surface area contributed by atoms with Gasteiger partial charge in [-0.3, -0.25) is 4.79 Å². The van der Waals surface area contributed by atoms with Gasteiger partial charge < -0.3 is 15.2 Å². The van der Waals surface area contributed by atoms with E-state index in [4.69, 9.17) is 15.1 Å². The highest BCUT2D eigenvalue weighted by Crippen LogP contribution is 2.38. The zero-order chi connectivity index (χ0) is 17.9. The number of hydrogen-bond acceptors (Lipinski definition) is 5. The second kappa shape index (κ2) is 7.29. The molecule has 0 aliphatic heterocycles. The Balaban J connectivity index is 3.48. The molecule has 0 unspecified atom stereocenters. The molecule has 0 saturated heterocycles. The van der Waals surface area contributed by atoms with E-state index >= 15 is 0 Å². The number of rotatable bonds is 6. The van der Waals surface area contributed by atoms with Crippen molar-refractivity contribution in [2.24, 2.45) is 10.9 Å². The summed E-state index contributed by atoms with van der Waals surface area (Å²) in [6.45, 7) is 9.17. The molecule has 1 atom stereocenters. The largest absolute Gasteiger partial charge is 0.380 e. The minimum absolute atomic E-state index is 0.0311. The van der Waals surface area contributed by atoms with Crippen molar-refractivity contribution in [1.29, 1.82) is 0 Å². The van der Waals surface area contributed by atoms with Crippen molar-refractivity contribution < 1.29 is 17.4 Å². The van der Waals surface area contributed by atoms with Crippen LogP contribution >= 0.6 is 0 Å². The Kier molecular flexibility index (Phi) is 6.15. The second-order valence-electron chi connectivity index (χ2n) is 6.15. The summed E-state index contributed by atoms with van der Waals surface area (Å²) in [5, 5.41) is 7.75. The van der Waals surface area contributed by atoms with Gasteiger partial charge in [-0.2, -0.15) is 13.6 Å². The predicted molar refractivity (Wildman–Crippen MR) is 90.6 cm³/mol. The second-order valence-corrected chi connectivity index (χ2v) is 7.30. The maximum Gasteiger partial charge on any atom is 0.380 e. The van der Waals surface area contributed by atoms with E-state index in [1.807, 2.05) is 27.7 Å². The van der Waals surface area contributed by atoms with Gasteiger partial charge in [-0.1, -0.05) is 27.7 Å². The summed E-state index contributed by atoms with van der Waals surface area (Å²) in [6, 6.07) is 2.70. The lowest BCUT2D eigenvalue weighted by molar-refractivity contribution is -0.117. The van der Waals surface area contributed by atoms with E-state index in [0.29, 0.717) is 16.8 Å². The summed E-state index contributed by atoms with van der Waals surface area (Å²) in [4.78, 5) is 11.8. The van der Waals surface area contributed by atoms with E-state index < -0.39 is 16.3 Å². The van der Waals surface area contributed by atoms with Crippen LogP contribution in [0.3, 0.4) is 0 Å². The lowest BCUT2D eigenvalue weighted by Gasteiger charge is -2.21. The fourth-order valence-corrected chi connectivity index (χ4v) is 2.50. The monoisotopic (exact) mass is 343 g/mol. The maximum atomic E-state index is 11.8. The highest BCUT2D eigenvalue weighted by molar-refractivity contribution is 7.84. The third-order valence-corrected chi connectivity index (χ3v) is 3.67. The van der Waals surface area contributed by atoms with Crippen LogP contribution in [-0.2, 0) is 15.1 Å². The summed E-state index contributed by atoms with van der Waals surface area (Å²) in [5.41, 5.74) is 7.39. The van der Waals surface area contributed by atoms with Crippen LogP contribution in [0.4, 0.5) is 5.69 Å². The molecule has 0 heterocycles. The Bertz CT molecular complexity index is 653. The van der Waals surface area contributed by atoms with Gasteiger partial charge in [0.05, 0.1) is 6.04 Å². The summed E-state index contributed by atoms with van der Waals surface area (Å²) >= 11 is 0. The van der Waals surface area contributed by atoms with Crippen molar-refractivity contribution in [3.63, 3.8) is 0 Å². The molecule has 0 aliphatic rings. The molecule has 7 nitrogen and oxygen atoms in total. The summed E-state index contributed by atoms with van der Waals surface area (Å²) in [5.74, 6) is -0.168. The molecule has 130 valence electrons. The van der Waals surface area contributed by atoms with Crippen LogP contribution in [0.5, 0.6) is 5.75 Å². The van der Waals surface area contributed by atoms with Crippen LogP contribution in [0.25, 0.3) is 0 Å². The molecule has 8 heteroatoms. The lowest BCUT2D eigenvalue weighted by atomic mass is 9.93. The fourth-order valence-electron chi connectivity index (χ4n) is 2.07. The number of benzene rings is 1. The zero-order valence-electron chi connectivity index (χ0n) is 14.1. The van der Waals surface area contributed by atoms with Crippen molar-refractivity contribution in [1.82, 2.24) is 0 Å². The Morgan fingerprint density at radius 3 is 1.83 bits per heavy atom. The van der Waals surface area contributed by atoms with Crippen LogP contribution in [0, 0.1) is 0 Å². The number of hydrogen-bond donors (Lipinski definition) is 3. The van der Waals surface area contributed by atoms with Gasteiger partial charge in [-0.05, 0) is 30.9 Å². The Labute approximate surface area is 137 Å².